The fraction of sp³-hybridized carbons (Fsp3) is 0.636. The molecule has 1 unspecified atom stereocenters. The second kappa shape index (κ2) is 5.57. The molecule has 94 valence electrons. The first-order valence-electron chi connectivity index (χ1n) is 5.84. The highest BCUT2D eigenvalue weighted by atomic mass is 32.1. The number of hydrogen-bond donors (Lipinski definition) is 2. The molecule has 2 heterocycles. The average Bonchev–Trinajstić information content (AvgIpc) is 2.53. The number of aromatic nitrogens is 1. The number of primary amides is 1. The standard InChI is InChI=1S/C11H18N4OS/c1-8-7-17-11(14-8)9(10(12)16)15-5-2-3-13-4-6-15/h7,9,13H,2-6H2,1H3,(H2,12,16). The van der Waals surface area contributed by atoms with Gasteiger partial charge in [0.15, 0.2) is 0 Å². The maximum absolute atomic E-state index is 11.6. The molecule has 1 aliphatic heterocycles. The molecule has 6 heteroatoms. The van der Waals surface area contributed by atoms with Crippen LogP contribution in [0.3, 0.4) is 0 Å². The fourth-order valence-corrected chi connectivity index (χ4v) is 3.02. The lowest BCUT2D eigenvalue weighted by atomic mass is 10.2. The first-order valence-corrected chi connectivity index (χ1v) is 6.72. The molecule has 17 heavy (non-hydrogen) atoms. The van der Waals surface area contributed by atoms with Crippen LogP contribution in [0.4, 0.5) is 0 Å². The summed E-state index contributed by atoms with van der Waals surface area (Å²) in [4.78, 5) is 18.2. The molecule has 3 N–H and O–H groups in total. The van der Waals surface area contributed by atoms with Gasteiger partial charge in [-0.15, -0.1) is 11.3 Å². The molecule has 0 radical (unpaired) electrons. The second-order valence-electron chi connectivity index (χ2n) is 4.27. The van der Waals surface area contributed by atoms with E-state index in [0.29, 0.717) is 0 Å². The zero-order valence-electron chi connectivity index (χ0n) is 9.98. The number of hydrogen-bond acceptors (Lipinski definition) is 5. The first-order chi connectivity index (χ1) is 8.18. The highest BCUT2D eigenvalue weighted by molar-refractivity contribution is 7.09. The Morgan fingerprint density at radius 2 is 2.41 bits per heavy atom. The summed E-state index contributed by atoms with van der Waals surface area (Å²) in [6.45, 7) is 5.56. The van der Waals surface area contributed by atoms with Gasteiger partial charge in [-0.2, -0.15) is 0 Å². The summed E-state index contributed by atoms with van der Waals surface area (Å²) in [5.41, 5.74) is 6.47. The van der Waals surface area contributed by atoms with Gasteiger partial charge in [-0.1, -0.05) is 0 Å². The zero-order valence-corrected chi connectivity index (χ0v) is 10.8. The van der Waals surface area contributed by atoms with Gasteiger partial charge in [0, 0.05) is 30.7 Å². The normalized spacial score (nSPS) is 19.8. The van der Waals surface area contributed by atoms with Crippen molar-refractivity contribution in [3.8, 4) is 0 Å². The third-order valence-corrected chi connectivity index (χ3v) is 3.90. The van der Waals surface area contributed by atoms with E-state index < -0.39 is 0 Å². The van der Waals surface area contributed by atoms with Gasteiger partial charge >= 0.3 is 0 Å². The van der Waals surface area contributed by atoms with Crippen LogP contribution in [-0.2, 0) is 4.79 Å². The molecule has 1 aromatic heterocycles. The molecule has 0 aromatic carbocycles. The first kappa shape index (κ1) is 12.5. The van der Waals surface area contributed by atoms with E-state index in [1.807, 2.05) is 12.3 Å². The van der Waals surface area contributed by atoms with Crippen molar-refractivity contribution < 1.29 is 4.79 Å². The Hall–Kier alpha value is -0.980. The smallest absolute Gasteiger partial charge is 0.241 e. The summed E-state index contributed by atoms with van der Waals surface area (Å²) in [5, 5.41) is 6.09. The fourth-order valence-electron chi connectivity index (χ4n) is 2.08. The zero-order chi connectivity index (χ0) is 12.3. The molecule has 1 aromatic rings. The molecule has 2 rings (SSSR count). The van der Waals surface area contributed by atoms with Crippen LogP contribution in [0.2, 0.25) is 0 Å². The SMILES string of the molecule is Cc1csc(C(C(N)=O)N2CCCNCC2)n1. The lowest BCUT2D eigenvalue weighted by Gasteiger charge is -2.26. The number of nitrogens with two attached hydrogens (primary N) is 1. The molecule has 1 amide bonds. The van der Waals surface area contributed by atoms with E-state index in [4.69, 9.17) is 5.73 Å². The molecular formula is C11H18N4OS. The molecule has 5 nitrogen and oxygen atoms in total. The summed E-state index contributed by atoms with van der Waals surface area (Å²) in [6, 6.07) is -0.367. The molecule has 0 saturated carbocycles. The molecule has 0 bridgehead atoms. The minimum absolute atomic E-state index is 0.304. The number of rotatable bonds is 3. The third kappa shape index (κ3) is 3.02. The lowest BCUT2D eigenvalue weighted by molar-refractivity contribution is -0.123. The molecule has 0 spiro atoms. The van der Waals surface area contributed by atoms with Gasteiger partial charge in [0.25, 0.3) is 0 Å². The lowest BCUT2D eigenvalue weighted by Crippen LogP contribution is -2.39. The maximum atomic E-state index is 11.6. The molecule has 0 aliphatic carbocycles. The predicted octanol–water partition coefficient (Wildman–Crippen LogP) is 0.273. The van der Waals surface area contributed by atoms with Crippen molar-refractivity contribution in [2.24, 2.45) is 5.73 Å². The van der Waals surface area contributed by atoms with Gasteiger partial charge in [-0.25, -0.2) is 4.98 Å². The third-order valence-electron chi connectivity index (χ3n) is 2.88. The highest BCUT2D eigenvalue weighted by Crippen LogP contribution is 2.24. The van der Waals surface area contributed by atoms with E-state index in [1.54, 1.807) is 0 Å². The number of aryl methyl sites for hydroxylation is 1. The van der Waals surface area contributed by atoms with Gasteiger partial charge < -0.3 is 11.1 Å². The molecule has 1 fully saturated rings. The van der Waals surface area contributed by atoms with Gasteiger partial charge in [-0.3, -0.25) is 9.69 Å². The van der Waals surface area contributed by atoms with Crippen LogP contribution in [0.15, 0.2) is 5.38 Å². The van der Waals surface area contributed by atoms with Gasteiger partial charge in [-0.05, 0) is 19.9 Å². The van der Waals surface area contributed by atoms with E-state index in [9.17, 15) is 4.79 Å². The predicted molar refractivity (Wildman–Crippen MR) is 67.8 cm³/mol. The van der Waals surface area contributed by atoms with Gasteiger partial charge in [0.05, 0.1) is 0 Å². The molecule has 1 saturated heterocycles. The van der Waals surface area contributed by atoms with Crippen LogP contribution in [0.25, 0.3) is 0 Å². The van der Waals surface area contributed by atoms with Crippen LogP contribution in [-0.4, -0.2) is 42.0 Å². The monoisotopic (exact) mass is 254 g/mol. The van der Waals surface area contributed by atoms with Gasteiger partial charge in [0.1, 0.15) is 11.0 Å². The number of carbonyl (C=O) groups excluding carboxylic acids is 1. The number of nitrogens with one attached hydrogen (secondary N) is 1. The van der Waals surface area contributed by atoms with Crippen LogP contribution in [0.5, 0.6) is 0 Å². The summed E-state index contributed by atoms with van der Waals surface area (Å²) in [6.07, 6.45) is 1.04. The van der Waals surface area contributed by atoms with Crippen molar-refractivity contribution in [3.05, 3.63) is 16.1 Å². The van der Waals surface area contributed by atoms with Crippen LogP contribution >= 0.6 is 11.3 Å². The van der Waals surface area contributed by atoms with Crippen LogP contribution < -0.4 is 11.1 Å². The quantitative estimate of drug-likeness (QED) is 0.812. The van der Waals surface area contributed by atoms with E-state index >= 15 is 0 Å². The summed E-state index contributed by atoms with van der Waals surface area (Å²) < 4.78 is 0. The summed E-state index contributed by atoms with van der Waals surface area (Å²) in [7, 11) is 0. The Bertz CT molecular complexity index is 385. The molecular weight excluding hydrogens is 236 g/mol. The number of thiazole rings is 1. The molecule has 1 aliphatic rings. The van der Waals surface area contributed by atoms with Crippen molar-refractivity contribution in [1.82, 2.24) is 15.2 Å². The van der Waals surface area contributed by atoms with Gasteiger partial charge in [0.2, 0.25) is 5.91 Å². The Balaban J connectivity index is 2.18. The van der Waals surface area contributed by atoms with Crippen molar-refractivity contribution in [2.75, 3.05) is 26.2 Å². The minimum Gasteiger partial charge on any atom is -0.368 e. The number of amides is 1. The van der Waals surface area contributed by atoms with E-state index in [-0.39, 0.29) is 11.9 Å². The van der Waals surface area contributed by atoms with Crippen molar-refractivity contribution in [2.45, 2.75) is 19.4 Å². The maximum Gasteiger partial charge on any atom is 0.241 e. The Morgan fingerprint density at radius 3 is 3.06 bits per heavy atom. The van der Waals surface area contributed by atoms with E-state index in [2.05, 4.69) is 15.2 Å². The van der Waals surface area contributed by atoms with Crippen molar-refractivity contribution in [1.29, 1.82) is 0 Å². The number of carbonyl (C=O) groups is 1. The topological polar surface area (TPSA) is 71.2 Å². The average molecular weight is 254 g/mol. The Labute approximate surface area is 105 Å². The van der Waals surface area contributed by atoms with Crippen molar-refractivity contribution in [3.63, 3.8) is 0 Å². The minimum atomic E-state index is -0.367. The Morgan fingerprint density at radius 1 is 1.59 bits per heavy atom. The van der Waals surface area contributed by atoms with E-state index in [0.717, 1.165) is 43.3 Å². The van der Waals surface area contributed by atoms with Crippen molar-refractivity contribution >= 4 is 17.2 Å². The second-order valence-corrected chi connectivity index (χ2v) is 5.16. The number of nitrogens with zero attached hydrogens (tertiary/aromatic N) is 2. The molecule has 1 atom stereocenters. The largest absolute Gasteiger partial charge is 0.368 e. The van der Waals surface area contributed by atoms with Crippen LogP contribution in [0, 0.1) is 6.92 Å². The van der Waals surface area contributed by atoms with Crippen LogP contribution in [0.1, 0.15) is 23.2 Å². The Kier molecular flexibility index (Phi) is 4.09. The summed E-state index contributed by atoms with van der Waals surface area (Å²) in [5.74, 6) is -0.304. The van der Waals surface area contributed by atoms with E-state index in [1.165, 1.54) is 11.3 Å². The highest BCUT2D eigenvalue weighted by Gasteiger charge is 2.28. The summed E-state index contributed by atoms with van der Waals surface area (Å²) >= 11 is 1.51.